The van der Waals surface area contributed by atoms with Gasteiger partial charge in [-0.25, -0.2) is 0 Å². The Morgan fingerprint density at radius 3 is 3.06 bits per heavy atom. The fourth-order valence-electron chi connectivity index (χ4n) is 2.77. The maximum atomic E-state index is 3.54. The van der Waals surface area contributed by atoms with Crippen molar-refractivity contribution in [1.82, 2.24) is 5.32 Å². The molecule has 1 aromatic carbocycles. The minimum atomic E-state index is 0.373. The lowest BCUT2D eigenvalue weighted by atomic mass is 9.95. The van der Waals surface area contributed by atoms with Crippen molar-refractivity contribution in [3.05, 3.63) is 58.8 Å². The zero-order valence-electron chi connectivity index (χ0n) is 9.66. The molecule has 0 saturated carbocycles. The number of nitrogens with one attached hydrogen (secondary N) is 1. The monoisotopic (exact) mass is 211 g/mol. The number of aryl methyl sites for hydroxylation is 1. The van der Waals surface area contributed by atoms with Gasteiger partial charge >= 0.3 is 0 Å². The molecule has 1 atom stereocenters. The van der Waals surface area contributed by atoms with E-state index in [1.165, 1.54) is 30.5 Å². The number of allylic oxidation sites excluding steroid dienone is 3. The number of dihydropyridines is 1. The molecule has 0 amide bonds. The molecule has 1 N–H and O–H groups in total. The normalized spacial score (nSPS) is 22.6. The predicted octanol–water partition coefficient (Wildman–Crippen LogP) is 3.28. The number of hydrogen-bond acceptors (Lipinski definition) is 1. The average Bonchev–Trinajstić information content (AvgIpc) is 2.76. The summed E-state index contributed by atoms with van der Waals surface area (Å²) in [5, 5.41) is 3.54. The maximum Gasteiger partial charge on any atom is 0.0700 e. The Labute approximate surface area is 96.9 Å². The van der Waals surface area contributed by atoms with Gasteiger partial charge in [-0.05, 0) is 49.0 Å². The first kappa shape index (κ1) is 9.71. The second-order valence-corrected chi connectivity index (χ2v) is 4.70. The number of fused-ring (bicyclic) bond motifs is 1. The van der Waals surface area contributed by atoms with Crippen molar-refractivity contribution in [2.24, 2.45) is 0 Å². The van der Waals surface area contributed by atoms with Gasteiger partial charge in [0, 0.05) is 5.70 Å². The van der Waals surface area contributed by atoms with Crippen molar-refractivity contribution in [3.8, 4) is 0 Å². The molecule has 16 heavy (non-hydrogen) atoms. The summed E-state index contributed by atoms with van der Waals surface area (Å²) in [4.78, 5) is 0. The lowest BCUT2D eigenvalue weighted by Crippen LogP contribution is -2.20. The lowest BCUT2D eigenvalue weighted by molar-refractivity contribution is 0.697. The highest BCUT2D eigenvalue weighted by molar-refractivity contribution is 5.43. The van der Waals surface area contributed by atoms with Gasteiger partial charge in [0.15, 0.2) is 0 Å². The summed E-state index contributed by atoms with van der Waals surface area (Å²) < 4.78 is 0. The van der Waals surface area contributed by atoms with Crippen LogP contribution in [0.4, 0.5) is 0 Å². The molecule has 0 bridgehead atoms. The van der Waals surface area contributed by atoms with Crippen LogP contribution in [0.3, 0.4) is 0 Å². The van der Waals surface area contributed by atoms with Crippen molar-refractivity contribution in [1.29, 1.82) is 0 Å². The topological polar surface area (TPSA) is 12.0 Å². The molecular weight excluding hydrogens is 194 g/mol. The highest BCUT2D eigenvalue weighted by Crippen LogP contribution is 2.30. The molecule has 0 spiro atoms. The van der Waals surface area contributed by atoms with E-state index in [0.717, 1.165) is 0 Å². The first-order valence-electron chi connectivity index (χ1n) is 6.07. The van der Waals surface area contributed by atoms with Gasteiger partial charge in [-0.15, -0.1) is 0 Å². The van der Waals surface area contributed by atoms with Crippen LogP contribution in [0, 0.1) is 0 Å². The molecule has 1 nitrogen and oxygen atoms in total. The van der Waals surface area contributed by atoms with Gasteiger partial charge in [0.2, 0.25) is 0 Å². The van der Waals surface area contributed by atoms with Crippen LogP contribution in [0.5, 0.6) is 0 Å². The third kappa shape index (κ3) is 1.57. The molecule has 1 aliphatic carbocycles. The fraction of sp³-hybridized carbons (Fsp3) is 0.333. The Hall–Kier alpha value is -1.50. The van der Waals surface area contributed by atoms with Gasteiger partial charge in [0.25, 0.3) is 0 Å². The Kier molecular flexibility index (Phi) is 2.32. The van der Waals surface area contributed by atoms with E-state index in [9.17, 15) is 0 Å². The van der Waals surface area contributed by atoms with E-state index in [2.05, 4.69) is 48.7 Å². The Morgan fingerprint density at radius 1 is 1.25 bits per heavy atom. The van der Waals surface area contributed by atoms with Crippen LogP contribution < -0.4 is 5.32 Å². The van der Waals surface area contributed by atoms with Crippen LogP contribution in [0.2, 0.25) is 0 Å². The van der Waals surface area contributed by atoms with Crippen molar-refractivity contribution in [2.45, 2.75) is 32.2 Å². The molecule has 0 aromatic heterocycles. The molecule has 0 saturated heterocycles. The van der Waals surface area contributed by atoms with Crippen molar-refractivity contribution in [3.63, 3.8) is 0 Å². The van der Waals surface area contributed by atoms with Gasteiger partial charge < -0.3 is 5.32 Å². The molecule has 1 aromatic rings. The molecule has 1 unspecified atom stereocenters. The third-order valence-corrected chi connectivity index (χ3v) is 3.55. The van der Waals surface area contributed by atoms with E-state index in [1.807, 2.05) is 0 Å². The summed E-state index contributed by atoms with van der Waals surface area (Å²) in [5.41, 5.74) is 5.86. The summed E-state index contributed by atoms with van der Waals surface area (Å²) in [6, 6.07) is 7.12. The van der Waals surface area contributed by atoms with Gasteiger partial charge in [-0.1, -0.05) is 30.4 Å². The molecular formula is C15H17N. The Morgan fingerprint density at radius 2 is 2.19 bits per heavy atom. The van der Waals surface area contributed by atoms with E-state index in [-0.39, 0.29) is 0 Å². The summed E-state index contributed by atoms with van der Waals surface area (Å²) in [6.45, 7) is 2.12. The quantitative estimate of drug-likeness (QED) is 0.751. The molecule has 0 radical (unpaired) electrons. The Bertz CT molecular complexity index is 468. The molecule has 3 rings (SSSR count). The van der Waals surface area contributed by atoms with Gasteiger partial charge in [-0.3, -0.25) is 0 Å². The molecule has 82 valence electrons. The molecule has 0 fully saturated rings. The second kappa shape index (κ2) is 3.82. The second-order valence-electron chi connectivity index (χ2n) is 4.70. The summed E-state index contributed by atoms with van der Waals surface area (Å²) in [7, 11) is 0. The maximum absolute atomic E-state index is 3.54. The molecule has 1 heterocycles. The lowest BCUT2D eigenvalue weighted by Gasteiger charge is -2.22. The fourth-order valence-corrected chi connectivity index (χ4v) is 2.77. The van der Waals surface area contributed by atoms with Crippen LogP contribution in [0.25, 0.3) is 0 Å². The highest BCUT2D eigenvalue weighted by Gasteiger charge is 2.19. The highest BCUT2D eigenvalue weighted by atomic mass is 14.9. The molecule has 1 heteroatoms. The average molecular weight is 211 g/mol. The zero-order valence-corrected chi connectivity index (χ0v) is 9.66. The van der Waals surface area contributed by atoms with E-state index in [0.29, 0.717) is 6.04 Å². The molecule has 1 aliphatic heterocycles. The first-order chi connectivity index (χ1) is 7.84. The minimum Gasteiger partial charge on any atom is -0.378 e. The van der Waals surface area contributed by atoms with Crippen LogP contribution in [-0.4, -0.2) is 0 Å². The minimum absolute atomic E-state index is 0.373. The van der Waals surface area contributed by atoms with Crippen molar-refractivity contribution < 1.29 is 0 Å². The van der Waals surface area contributed by atoms with E-state index >= 15 is 0 Å². The van der Waals surface area contributed by atoms with Crippen LogP contribution in [-0.2, 0) is 12.8 Å². The summed E-state index contributed by atoms with van der Waals surface area (Å²) >= 11 is 0. The largest absolute Gasteiger partial charge is 0.378 e. The Balaban J connectivity index is 1.99. The summed E-state index contributed by atoms with van der Waals surface area (Å²) in [6.07, 6.45) is 10.4. The van der Waals surface area contributed by atoms with Crippen molar-refractivity contribution in [2.75, 3.05) is 0 Å². The zero-order chi connectivity index (χ0) is 11.0. The number of hydrogen-bond donors (Lipinski definition) is 1. The van der Waals surface area contributed by atoms with Crippen LogP contribution >= 0.6 is 0 Å². The van der Waals surface area contributed by atoms with Gasteiger partial charge in [0.1, 0.15) is 0 Å². The third-order valence-electron chi connectivity index (χ3n) is 3.55. The number of benzene rings is 1. The van der Waals surface area contributed by atoms with E-state index < -0.39 is 0 Å². The SMILES string of the molecule is CC1=CC=CC(c2cccc3c2CCC3)N1. The van der Waals surface area contributed by atoms with E-state index in [4.69, 9.17) is 0 Å². The number of rotatable bonds is 1. The van der Waals surface area contributed by atoms with Crippen molar-refractivity contribution >= 4 is 0 Å². The van der Waals surface area contributed by atoms with Gasteiger partial charge in [0.05, 0.1) is 6.04 Å². The predicted molar refractivity (Wildman–Crippen MR) is 67.2 cm³/mol. The van der Waals surface area contributed by atoms with E-state index in [1.54, 1.807) is 11.1 Å². The van der Waals surface area contributed by atoms with Gasteiger partial charge in [-0.2, -0.15) is 0 Å². The standard InChI is InChI=1S/C15H17N/c1-11-5-2-10-15(16-11)14-9-4-7-12-6-3-8-13(12)14/h2,4-5,7,9-10,15-16H,3,6,8H2,1H3. The smallest absolute Gasteiger partial charge is 0.0700 e. The van der Waals surface area contributed by atoms with Crippen LogP contribution in [0.15, 0.2) is 42.1 Å². The first-order valence-corrected chi connectivity index (χ1v) is 6.07. The molecule has 2 aliphatic rings. The summed E-state index contributed by atoms with van der Waals surface area (Å²) in [5.74, 6) is 0. The van der Waals surface area contributed by atoms with Crippen LogP contribution in [0.1, 0.15) is 36.1 Å².